The average Bonchev–Trinajstić information content (AvgIpc) is 2.80. The lowest BCUT2D eigenvalue weighted by atomic mass is 9.80. The summed E-state index contributed by atoms with van der Waals surface area (Å²) in [6.07, 6.45) is 1.42. The normalized spacial score (nSPS) is 15.1. The van der Waals surface area contributed by atoms with Crippen LogP contribution in [0, 0.1) is 19.8 Å². The van der Waals surface area contributed by atoms with Gasteiger partial charge in [-0.05, 0) is 48.9 Å². The van der Waals surface area contributed by atoms with Crippen LogP contribution in [-0.2, 0) is 16.8 Å². The fourth-order valence-electron chi connectivity index (χ4n) is 4.15. The van der Waals surface area contributed by atoms with Gasteiger partial charge in [0.05, 0.1) is 6.61 Å². The van der Waals surface area contributed by atoms with Gasteiger partial charge in [0.1, 0.15) is 0 Å². The molecule has 3 rings (SSSR count). The minimum absolute atomic E-state index is 0.229. The molecule has 0 saturated heterocycles. The minimum Gasteiger partial charge on any atom is -0.454 e. The van der Waals surface area contributed by atoms with Gasteiger partial charge in [-0.2, -0.15) is 0 Å². The molecule has 0 fully saturated rings. The Morgan fingerprint density at radius 1 is 0.938 bits per heavy atom. The second kappa shape index (κ2) is 10.7. The van der Waals surface area contributed by atoms with Gasteiger partial charge in [0.15, 0.2) is 11.7 Å². The van der Waals surface area contributed by atoms with Gasteiger partial charge >= 0.3 is 6.01 Å². The molecule has 170 valence electrons. The first kappa shape index (κ1) is 23.9. The first-order valence-corrected chi connectivity index (χ1v) is 11.2. The molecule has 1 N–H and O–H groups in total. The largest absolute Gasteiger partial charge is 0.454 e. The lowest BCUT2D eigenvalue weighted by Gasteiger charge is -2.39. The number of aliphatic hydroxyl groups is 1. The highest BCUT2D eigenvalue weighted by atomic mass is 16.6. The van der Waals surface area contributed by atoms with E-state index in [1.54, 1.807) is 7.11 Å². The third-order valence-electron chi connectivity index (χ3n) is 6.02. The highest BCUT2D eigenvalue weighted by molar-refractivity contribution is 5.40. The third kappa shape index (κ3) is 5.17. The van der Waals surface area contributed by atoms with Gasteiger partial charge in [-0.15, -0.1) is 0 Å². The molecule has 3 aromatic rings. The van der Waals surface area contributed by atoms with E-state index in [4.69, 9.17) is 9.47 Å². The van der Waals surface area contributed by atoms with Gasteiger partial charge in [0.2, 0.25) is 0 Å². The lowest BCUT2D eigenvalue weighted by molar-refractivity contribution is -0.0887. The molecule has 0 amide bonds. The SMILES string of the molecule is CCC(C)Cc1ccc(C(OC)(c2ccccc2)[C@@H](CO)Oc2nc(C)cc(C)n2)cc1. The molecule has 0 radical (unpaired) electrons. The number of aryl methyl sites for hydroxylation is 2. The first-order valence-electron chi connectivity index (χ1n) is 11.2. The molecular formula is C27H34N2O3. The zero-order chi connectivity index (χ0) is 23.1. The Labute approximate surface area is 191 Å². The van der Waals surface area contributed by atoms with Gasteiger partial charge in [-0.25, -0.2) is 9.97 Å². The second-order valence-corrected chi connectivity index (χ2v) is 8.44. The summed E-state index contributed by atoms with van der Waals surface area (Å²) in [5.41, 5.74) is 3.65. The third-order valence-corrected chi connectivity index (χ3v) is 6.02. The van der Waals surface area contributed by atoms with Crippen LogP contribution in [0.25, 0.3) is 0 Å². The number of ether oxygens (including phenoxy) is 2. The zero-order valence-electron chi connectivity index (χ0n) is 19.7. The fourth-order valence-corrected chi connectivity index (χ4v) is 4.15. The monoisotopic (exact) mass is 434 g/mol. The van der Waals surface area contributed by atoms with E-state index in [-0.39, 0.29) is 12.6 Å². The van der Waals surface area contributed by atoms with Crippen molar-refractivity contribution >= 4 is 0 Å². The molecule has 32 heavy (non-hydrogen) atoms. The first-order chi connectivity index (χ1) is 15.4. The number of methoxy groups -OCH3 is 1. The van der Waals surface area contributed by atoms with Crippen LogP contribution in [0.2, 0.25) is 0 Å². The maximum Gasteiger partial charge on any atom is 0.317 e. The molecule has 5 nitrogen and oxygen atoms in total. The summed E-state index contributed by atoms with van der Waals surface area (Å²) >= 11 is 0. The van der Waals surface area contributed by atoms with Crippen molar-refractivity contribution in [2.75, 3.05) is 13.7 Å². The van der Waals surface area contributed by atoms with Crippen LogP contribution < -0.4 is 4.74 Å². The number of hydrogen-bond acceptors (Lipinski definition) is 5. The van der Waals surface area contributed by atoms with Crippen LogP contribution in [0.5, 0.6) is 6.01 Å². The van der Waals surface area contributed by atoms with Crippen LogP contribution in [0.4, 0.5) is 0 Å². The summed E-state index contributed by atoms with van der Waals surface area (Å²) in [5, 5.41) is 10.5. The van der Waals surface area contributed by atoms with Crippen molar-refractivity contribution in [2.45, 2.75) is 52.2 Å². The van der Waals surface area contributed by atoms with Crippen molar-refractivity contribution in [3.63, 3.8) is 0 Å². The number of nitrogens with zero attached hydrogens (tertiary/aromatic N) is 2. The Hall–Kier alpha value is -2.76. The van der Waals surface area contributed by atoms with Gasteiger partial charge in [-0.1, -0.05) is 74.9 Å². The Morgan fingerprint density at radius 3 is 2.06 bits per heavy atom. The topological polar surface area (TPSA) is 64.5 Å². The van der Waals surface area contributed by atoms with E-state index in [9.17, 15) is 5.11 Å². The Morgan fingerprint density at radius 2 is 1.53 bits per heavy atom. The highest BCUT2D eigenvalue weighted by Crippen LogP contribution is 2.38. The van der Waals surface area contributed by atoms with Crippen molar-refractivity contribution < 1.29 is 14.6 Å². The van der Waals surface area contributed by atoms with Gasteiger partial charge in [0, 0.05) is 18.5 Å². The number of benzene rings is 2. The molecule has 2 unspecified atom stereocenters. The number of hydrogen-bond donors (Lipinski definition) is 1. The van der Waals surface area contributed by atoms with E-state index in [0.29, 0.717) is 5.92 Å². The maximum atomic E-state index is 10.5. The summed E-state index contributed by atoms with van der Waals surface area (Å²) in [6, 6.07) is 20.4. The molecule has 3 atom stereocenters. The number of aromatic nitrogens is 2. The van der Waals surface area contributed by atoms with E-state index < -0.39 is 11.7 Å². The van der Waals surface area contributed by atoms with Crippen molar-refractivity contribution in [1.29, 1.82) is 0 Å². The fraction of sp³-hybridized carbons (Fsp3) is 0.407. The van der Waals surface area contributed by atoms with E-state index in [1.807, 2.05) is 50.2 Å². The van der Waals surface area contributed by atoms with E-state index in [2.05, 4.69) is 48.1 Å². The summed E-state index contributed by atoms with van der Waals surface area (Å²) in [5.74, 6) is 0.623. The minimum atomic E-state index is -1.04. The van der Waals surface area contributed by atoms with Crippen molar-refractivity contribution in [2.24, 2.45) is 5.92 Å². The van der Waals surface area contributed by atoms with Crippen molar-refractivity contribution in [1.82, 2.24) is 9.97 Å². The molecule has 5 heteroatoms. The smallest absolute Gasteiger partial charge is 0.317 e. The lowest BCUT2D eigenvalue weighted by Crippen LogP contribution is -2.48. The molecule has 0 aliphatic heterocycles. The Kier molecular flexibility index (Phi) is 7.99. The summed E-state index contributed by atoms with van der Waals surface area (Å²) in [7, 11) is 1.65. The van der Waals surface area contributed by atoms with Crippen molar-refractivity contribution in [3.8, 4) is 6.01 Å². The predicted octanol–water partition coefficient (Wildman–Crippen LogP) is 5.01. The van der Waals surface area contributed by atoms with E-state index in [0.717, 1.165) is 35.4 Å². The summed E-state index contributed by atoms with van der Waals surface area (Å²) in [6.45, 7) is 7.99. The molecule has 0 aliphatic rings. The van der Waals surface area contributed by atoms with Gasteiger partial charge in [0.25, 0.3) is 0 Å². The molecule has 1 heterocycles. The standard InChI is InChI=1S/C27H34N2O3/c1-6-19(2)16-22-12-14-24(15-13-22)27(31-5,23-10-8-7-9-11-23)25(18-30)32-26-28-20(3)17-21(4)29-26/h7-15,17,19,25,30H,6,16,18H2,1-5H3/t19?,25-,27?/m1/s1. The Balaban J connectivity index is 2.07. The van der Waals surface area contributed by atoms with Gasteiger partial charge < -0.3 is 14.6 Å². The predicted molar refractivity (Wildman–Crippen MR) is 127 cm³/mol. The molecule has 0 aliphatic carbocycles. The van der Waals surface area contributed by atoms with Crippen LogP contribution in [-0.4, -0.2) is 34.9 Å². The highest BCUT2D eigenvalue weighted by Gasteiger charge is 2.44. The zero-order valence-corrected chi connectivity index (χ0v) is 19.7. The molecule has 1 aromatic heterocycles. The number of aliphatic hydroxyl groups excluding tert-OH is 1. The van der Waals surface area contributed by atoms with Crippen molar-refractivity contribution in [3.05, 3.63) is 88.7 Å². The molecule has 0 bridgehead atoms. The van der Waals surface area contributed by atoms with Gasteiger partial charge in [-0.3, -0.25) is 0 Å². The van der Waals surface area contributed by atoms with E-state index >= 15 is 0 Å². The molecule has 0 saturated carbocycles. The average molecular weight is 435 g/mol. The van der Waals surface area contributed by atoms with Crippen LogP contribution >= 0.6 is 0 Å². The van der Waals surface area contributed by atoms with Crippen LogP contribution in [0.3, 0.4) is 0 Å². The van der Waals surface area contributed by atoms with Crippen LogP contribution in [0.15, 0.2) is 60.7 Å². The quantitative estimate of drug-likeness (QED) is 0.486. The number of rotatable bonds is 10. The molecular weight excluding hydrogens is 400 g/mol. The summed E-state index contributed by atoms with van der Waals surface area (Å²) in [4.78, 5) is 8.83. The second-order valence-electron chi connectivity index (χ2n) is 8.44. The summed E-state index contributed by atoms with van der Waals surface area (Å²) < 4.78 is 12.4. The van der Waals surface area contributed by atoms with E-state index in [1.165, 1.54) is 5.56 Å². The molecule has 0 spiro atoms. The Bertz CT molecular complexity index is 971. The maximum absolute atomic E-state index is 10.5. The van der Waals surface area contributed by atoms with Crippen LogP contribution in [0.1, 0.15) is 48.3 Å². The molecule has 2 aromatic carbocycles.